The third-order valence-electron chi connectivity index (χ3n) is 2.69. The van der Waals surface area contributed by atoms with Crippen LogP contribution < -0.4 is 5.14 Å². The van der Waals surface area contributed by atoms with Crippen molar-refractivity contribution in [3.63, 3.8) is 0 Å². The molecule has 0 bridgehead atoms. The Morgan fingerprint density at radius 1 is 1.47 bits per heavy atom. The van der Waals surface area contributed by atoms with Crippen LogP contribution >= 0.6 is 15.9 Å². The first-order valence-electron chi connectivity index (χ1n) is 5.23. The van der Waals surface area contributed by atoms with Crippen molar-refractivity contribution in [2.24, 2.45) is 5.14 Å². The molecule has 0 saturated heterocycles. The molecule has 2 unspecified atom stereocenters. The monoisotopic (exact) mass is 323 g/mol. The van der Waals surface area contributed by atoms with Crippen LogP contribution in [-0.4, -0.2) is 13.2 Å². The van der Waals surface area contributed by atoms with Crippen molar-refractivity contribution in [1.82, 2.24) is 0 Å². The van der Waals surface area contributed by atoms with Gasteiger partial charge in [-0.2, -0.15) is 0 Å². The fourth-order valence-electron chi connectivity index (χ4n) is 1.78. The minimum Gasteiger partial charge on any atom is -0.225 e. The van der Waals surface area contributed by atoms with E-state index in [0.717, 1.165) is 12.5 Å². The van der Waals surface area contributed by atoms with Crippen LogP contribution in [-0.2, 0) is 10.0 Å². The van der Waals surface area contributed by atoms with E-state index in [1.807, 2.05) is 13.8 Å². The second kappa shape index (κ2) is 5.46. The predicted octanol–water partition coefficient (Wildman–Crippen LogP) is 2.75. The molecular formula is C11H15BrFNO2S. The lowest BCUT2D eigenvalue weighted by Gasteiger charge is -2.19. The number of halogens is 2. The van der Waals surface area contributed by atoms with Gasteiger partial charge in [-0.15, -0.1) is 0 Å². The summed E-state index contributed by atoms with van der Waals surface area (Å²) in [6.07, 6.45) is 0.762. The maximum absolute atomic E-state index is 13.8. The summed E-state index contributed by atoms with van der Waals surface area (Å²) >= 11 is 3.42. The normalized spacial score (nSPS) is 15.6. The van der Waals surface area contributed by atoms with E-state index in [0.29, 0.717) is 5.56 Å². The predicted molar refractivity (Wildman–Crippen MR) is 69.2 cm³/mol. The molecule has 0 amide bonds. The summed E-state index contributed by atoms with van der Waals surface area (Å²) in [6, 6.07) is 3.80. The van der Waals surface area contributed by atoms with Crippen LogP contribution in [0.25, 0.3) is 0 Å². The Bertz CT molecular complexity index is 502. The Morgan fingerprint density at radius 2 is 2.06 bits per heavy atom. The van der Waals surface area contributed by atoms with Crippen LogP contribution in [0.15, 0.2) is 23.1 Å². The van der Waals surface area contributed by atoms with Crippen LogP contribution in [0.5, 0.6) is 0 Å². The Kier molecular flexibility index (Phi) is 4.69. The highest BCUT2D eigenvalue weighted by atomic mass is 79.9. The summed E-state index contributed by atoms with van der Waals surface area (Å²) < 4.78 is 36.0. The maximum atomic E-state index is 13.8. The van der Waals surface area contributed by atoms with Crippen molar-refractivity contribution in [3.8, 4) is 0 Å². The first kappa shape index (κ1) is 14.6. The smallest absolute Gasteiger partial charge is 0.225 e. The Morgan fingerprint density at radius 3 is 2.41 bits per heavy atom. The van der Waals surface area contributed by atoms with E-state index in [1.165, 1.54) is 12.1 Å². The third kappa shape index (κ3) is 3.50. The highest BCUT2D eigenvalue weighted by Gasteiger charge is 2.20. The van der Waals surface area contributed by atoms with Gasteiger partial charge in [-0.05, 0) is 30.0 Å². The molecule has 0 heterocycles. The number of sulfonamides is 1. The lowest BCUT2D eigenvalue weighted by molar-refractivity contribution is 0.559. The standard InChI is InChI=1S/C11H15BrFNO2S/c1-3-9(7(2)12)10-5-4-8(6-11(10)13)17(14,15)16/h4-7,9H,3H2,1-2H3,(H2,14,15,16). The van der Waals surface area contributed by atoms with E-state index in [2.05, 4.69) is 15.9 Å². The molecule has 0 spiro atoms. The first-order valence-corrected chi connectivity index (χ1v) is 7.70. The van der Waals surface area contributed by atoms with Gasteiger partial charge in [0.05, 0.1) is 4.90 Å². The molecule has 1 aromatic rings. The van der Waals surface area contributed by atoms with Gasteiger partial charge in [0.1, 0.15) is 5.82 Å². The largest absolute Gasteiger partial charge is 0.238 e. The minimum absolute atomic E-state index is 0.00419. The van der Waals surface area contributed by atoms with E-state index < -0.39 is 15.8 Å². The van der Waals surface area contributed by atoms with Gasteiger partial charge in [-0.3, -0.25) is 0 Å². The fourth-order valence-corrected chi connectivity index (χ4v) is 2.96. The number of alkyl halides is 1. The van der Waals surface area contributed by atoms with Crippen LogP contribution in [0, 0.1) is 5.82 Å². The van der Waals surface area contributed by atoms with Gasteiger partial charge in [0.25, 0.3) is 0 Å². The SMILES string of the molecule is CCC(c1ccc(S(N)(=O)=O)cc1F)C(C)Br. The van der Waals surface area contributed by atoms with Crippen molar-refractivity contribution in [1.29, 1.82) is 0 Å². The molecule has 17 heavy (non-hydrogen) atoms. The number of hydrogen-bond acceptors (Lipinski definition) is 2. The average Bonchev–Trinajstić information content (AvgIpc) is 2.19. The third-order valence-corrected chi connectivity index (χ3v) is 4.24. The molecule has 0 saturated carbocycles. The molecule has 1 aromatic carbocycles. The highest BCUT2D eigenvalue weighted by Crippen LogP contribution is 2.30. The zero-order valence-electron chi connectivity index (χ0n) is 9.65. The zero-order valence-corrected chi connectivity index (χ0v) is 12.1. The quantitative estimate of drug-likeness (QED) is 0.866. The fraction of sp³-hybridized carbons (Fsp3) is 0.455. The molecule has 0 radical (unpaired) electrons. The lowest BCUT2D eigenvalue weighted by atomic mass is 9.93. The summed E-state index contributed by atoms with van der Waals surface area (Å²) in [5.74, 6) is -0.529. The Labute approximate surface area is 109 Å². The molecular weight excluding hydrogens is 309 g/mol. The van der Waals surface area contributed by atoms with Crippen molar-refractivity contribution < 1.29 is 12.8 Å². The first-order chi connectivity index (χ1) is 7.77. The summed E-state index contributed by atoms with van der Waals surface area (Å²) in [4.78, 5) is -0.0850. The zero-order chi connectivity index (χ0) is 13.2. The van der Waals surface area contributed by atoms with Gasteiger partial charge in [-0.1, -0.05) is 35.8 Å². The van der Waals surface area contributed by atoms with Crippen molar-refractivity contribution >= 4 is 26.0 Å². The molecule has 1 rings (SSSR count). The second-order valence-corrected chi connectivity index (χ2v) is 6.93. The molecule has 2 atom stereocenters. The number of benzene rings is 1. The summed E-state index contributed by atoms with van der Waals surface area (Å²) in [5, 5.41) is 4.94. The van der Waals surface area contributed by atoms with E-state index in [9.17, 15) is 12.8 Å². The van der Waals surface area contributed by atoms with Gasteiger partial charge in [-0.25, -0.2) is 17.9 Å². The van der Waals surface area contributed by atoms with E-state index in [4.69, 9.17) is 5.14 Å². The highest BCUT2D eigenvalue weighted by molar-refractivity contribution is 9.09. The summed E-state index contributed by atoms with van der Waals surface area (Å²) in [7, 11) is -3.85. The van der Waals surface area contributed by atoms with Crippen LogP contribution in [0.2, 0.25) is 0 Å². The molecule has 3 nitrogen and oxygen atoms in total. The molecule has 0 fully saturated rings. The van der Waals surface area contributed by atoms with Gasteiger partial charge in [0, 0.05) is 4.83 Å². The van der Waals surface area contributed by atoms with Gasteiger partial charge in [0.2, 0.25) is 10.0 Å². The number of primary sulfonamides is 1. The number of nitrogens with two attached hydrogens (primary N) is 1. The van der Waals surface area contributed by atoms with Crippen LogP contribution in [0.3, 0.4) is 0 Å². The maximum Gasteiger partial charge on any atom is 0.238 e. The van der Waals surface area contributed by atoms with Gasteiger partial charge < -0.3 is 0 Å². The van der Waals surface area contributed by atoms with E-state index >= 15 is 0 Å². The average molecular weight is 324 g/mol. The topological polar surface area (TPSA) is 60.2 Å². The van der Waals surface area contributed by atoms with Crippen LogP contribution in [0.4, 0.5) is 4.39 Å². The molecule has 96 valence electrons. The van der Waals surface area contributed by atoms with Crippen molar-refractivity contribution in [2.75, 3.05) is 0 Å². The number of hydrogen-bond donors (Lipinski definition) is 1. The van der Waals surface area contributed by atoms with Crippen molar-refractivity contribution in [3.05, 3.63) is 29.6 Å². The second-order valence-electron chi connectivity index (χ2n) is 3.92. The molecule has 2 N–H and O–H groups in total. The van der Waals surface area contributed by atoms with Crippen molar-refractivity contribution in [2.45, 2.75) is 35.9 Å². The Balaban J connectivity index is 3.22. The summed E-state index contributed by atoms with van der Waals surface area (Å²) in [6.45, 7) is 3.89. The molecule has 0 aromatic heterocycles. The molecule has 0 aliphatic carbocycles. The lowest BCUT2D eigenvalue weighted by Crippen LogP contribution is -2.14. The molecule has 0 aliphatic heterocycles. The minimum atomic E-state index is -3.85. The van der Waals surface area contributed by atoms with Gasteiger partial charge >= 0.3 is 0 Å². The Hall–Kier alpha value is -0.460. The van der Waals surface area contributed by atoms with Crippen LogP contribution in [0.1, 0.15) is 31.7 Å². The summed E-state index contributed by atoms with van der Waals surface area (Å²) in [5.41, 5.74) is 0.504. The van der Waals surface area contributed by atoms with E-state index in [-0.39, 0.29) is 15.6 Å². The molecule has 0 aliphatic rings. The number of rotatable bonds is 4. The van der Waals surface area contributed by atoms with E-state index in [1.54, 1.807) is 0 Å². The van der Waals surface area contributed by atoms with Gasteiger partial charge in [0.15, 0.2) is 0 Å². The molecule has 6 heteroatoms.